The van der Waals surface area contributed by atoms with E-state index in [1.165, 1.54) is 0 Å². The zero-order valence-corrected chi connectivity index (χ0v) is 14.3. The number of hydrogen-bond donors (Lipinski definition) is 1. The fourth-order valence-electron chi connectivity index (χ4n) is 3.14. The van der Waals surface area contributed by atoms with Crippen LogP contribution in [-0.4, -0.2) is 51.2 Å². The van der Waals surface area contributed by atoms with Crippen LogP contribution in [-0.2, 0) is 4.79 Å². The molecule has 1 unspecified atom stereocenters. The van der Waals surface area contributed by atoms with Crippen molar-refractivity contribution in [1.82, 2.24) is 10.2 Å². The van der Waals surface area contributed by atoms with Crippen molar-refractivity contribution in [3.8, 4) is 11.5 Å². The third-order valence-corrected chi connectivity index (χ3v) is 4.27. The maximum absolute atomic E-state index is 12.6. The monoisotopic (exact) mass is 338 g/mol. The predicted octanol–water partition coefficient (Wildman–Crippen LogP) is 1.96. The number of rotatable bonds is 4. The van der Waals surface area contributed by atoms with Gasteiger partial charge in [-0.2, -0.15) is 0 Å². The minimum absolute atomic E-state index is 0. The average molecular weight is 339 g/mol. The number of nitrogens with one attached hydrogen (secondary N) is 1. The Morgan fingerprint density at radius 2 is 2.30 bits per heavy atom. The van der Waals surface area contributed by atoms with Crippen molar-refractivity contribution in [2.45, 2.75) is 6.42 Å². The van der Waals surface area contributed by atoms with Gasteiger partial charge in [0.1, 0.15) is 6.61 Å². The number of halogens is 1. The van der Waals surface area contributed by atoms with E-state index in [1.54, 1.807) is 7.11 Å². The Morgan fingerprint density at radius 1 is 1.48 bits per heavy atom. The molecule has 1 aromatic carbocycles. The highest BCUT2D eigenvalue weighted by Crippen LogP contribution is 2.36. The van der Waals surface area contributed by atoms with Crippen molar-refractivity contribution in [2.24, 2.45) is 5.92 Å². The quantitative estimate of drug-likeness (QED) is 0.912. The second kappa shape index (κ2) is 7.70. The molecule has 3 rings (SSSR count). The number of benzene rings is 1. The summed E-state index contributed by atoms with van der Waals surface area (Å²) in [4.78, 5) is 14.6. The first-order valence-corrected chi connectivity index (χ1v) is 7.67. The fraction of sp³-hybridized carbons (Fsp3) is 0.471. The lowest BCUT2D eigenvalue weighted by Gasteiger charge is -2.23. The van der Waals surface area contributed by atoms with E-state index in [1.807, 2.05) is 36.2 Å². The van der Waals surface area contributed by atoms with Crippen molar-refractivity contribution >= 4 is 24.4 Å². The van der Waals surface area contributed by atoms with Crippen molar-refractivity contribution in [2.75, 3.05) is 40.4 Å². The van der Waals surface area contributed by atoms with Gasteiger partial charge in [-0.25, -0.2) is 0 Å². The summed E-state index contributed by atoms with van der Waals surface area (Å²) in [5.41, 5.74) is 1.62. The minimum atomic E-state index is 0. The highest BCUT2D eigenvalue weighted by Gasteiger charge is 2.29. The summed E-state index contributed by atoms with van der Waals surface area (Å²) in [6.07, 6.45) is 2.99. The molecule has 0 aliphatic carbocycles. The molecule has 126 valence electrons. The molecule has 1 amide bonds. The maximum atomic E-state index is 12.6. The van der Waals surface area contributed by atoms with E-state index >= 15 is 0 Å². The smallest absolute Gasteiger partial charge is 0.253 e. The summed E-state index contributed by atoms with van der Waals surface area (Å²) < 4.78 is 11.1. The molecular formula is C17H23ClN2O3. The van der Waals surface area contributed by atoms with Gasteiger partial charge in [0.2, 0.25) is 0 Å². The number of ether oxygens (including phenoxy) is 2. The lowest BCUT2D eigenvalue weighted by Crippen LogP contribution is -2.33. The Balaban J connectivity index is 0.00000192. The lowest BCUT2D eigenvalue weighted by atomic mass is 10.1. The molecule has 0 bridgehead atoms. The van der Waals surface area contributed by atoms with Gasteiger partial charge in [-0.05, 0) is 38.1 Å². The summed E-state index contributed by atoms with van der Waals surface area (Å²) in [5.74, 6) is 2.06. The molecule has 1 saturated heterocycles. The van der Waals surface area contributed by atoms with Crippen LogP contribution >= 0.6 is 12.4 Å². The van der Waals surface area contributed by atoms with Gasteiger partial charge >= 0.3 is 0 Å². The van der Waals surface area contributed by atoms with Crippen LogP contribution in [0.5, 0.6) is 11.5 Å². The largest absolute Gasteiger partial charge is 0.493 e. The molecule has 5 nitrogen and oxygen atoms in total. The van der Waals surface area contributed by atoms with E-state index in [-0.39, 0.29) is 18.3 Å². The van der Waals surface area contributed by atoms with Crippen LogP contribution in [0.15, 0.2) is 23.8 Å². The Kier molecular flexibility index (Phi) is 5.91. The minimum Gasteiger partial charge on any atom is -0.493 e. The van der Waals surface area contributed by atoms with E-state index in [0.717, 1.165) is 37.4 Å². The number of para-hydroxylation sites is 1. The van der Waals surface area contributed by atoms with Gasteiger partial charge in [0, 0.05) is 18.7 Å². The summed E-state index contributed by atoms with van der Waals surface area (Å²) in [6, 6.07) is 5.71. The van der Waals surface area contributed by atoms with E-state index in [9.17, 15) is 4.79 Å². The molecule has 1 atom stereocenters. The fourth-order valence-corrected chi connectivity index (χ4v) is 3.14. The molecule has 0 radical (unpaired) electrons. The van der Waals surface area contributed by atoms with Crippen LogP contribution in [0.3, 0.4) is 0 Å². The highest BCUT2D eigenvalue weighted by molar-refractivity contribution is 5.99. The SMILES string of the molecule is CNCC1CCN(C(=O)C2=Cc3cccc(OC)c3OC2)C1.Cl. The first-order valence-electron chi connectivity index (χ1n) is 7.67. The molecule has 1 fully saturated rings. The second-order valence-corrected chi connectivity index (χ2v) is 5.80. The third kappa shape index (κ3) is 3.62. The summed E-state index contributed by atoms with van der Waals surface area (Å²) in [7, 11) is 3.57. The molecule has 23 heavy (non-hydrogen) atoms. The predicted molar refractivity (Wildman–Crippen MR) is 92.3 cm³/mol. The van der Waals surface area contributed by atoms with Gasteiger partial charge in [-0.15, -0.1) is 12.4 Å². The second-order valence-electron chi connectivity index (χ2n) is 5.80. The summed E-state index contributed by atoms with van der Waals surface area (Å²) >= 11 is 0. The van der Waals surface area contributed by atoms with Gasteiger partial charge in [-0.1, -0.05) is 12.1 Å². The Hall–Kier alpha value is -1.72. The normalized spacial score (nSPS) is 19.3. The number of likely N-dealkylation sites (tertiary alicyclic amines) is 1. The molecule has 2 aliphatic rings. The van der Waals surface area contributed by atoms with E-state index < -0.39 is 0 Å². The first-order chi connectivity index (χ1) is 10.7. The van der Waals surface area contributed by atoms with Crippen LogP contribution < -0.4 is 14.8 Å². The van der Waals surface area contributed by atoms with Crippen LogP contribution in [0.1, 0.15) is 12.0 Å². The lowest BCUT2D eigenvalue weighted by molar-refractivity contribution is -0.126. The number of amides is 1. The zero-order valence-electron chi connectivity index (χ0n) is 13.5. The third-order valence-electron chi connectivity index (χ3n) is 4.27. The number of methoxy groups -OCH3 is 1. The maximum Gasteiger partial charge on any atom is 0.253 e. The molecular weight excluding hydrogens is 316 g/mol. The number of fused-ring (bicyclic) bond motifs is 1. The van der Waals surface area contributed by atoms with Crippen LogP contribution in [0.25, 0.3) is 6.08 Å². The van der Waals surface area contributed by atoms with Crippen molar-refractivity contribution in [3.63, 3.8) is 0 Å². The molecule has 0 saturated carbocycles. The van der Waals surface area contributed by atoms with Crippen LogP contribution in [0.2, 0.25) is 0 Å². The van der Waals surface area contributed by atoms with Gasteiger partial charge < -0.3 is 19.7 Å². The molecule has 1 aromatic rings. The van der Waals surface area contributed by atoms with Gasteiger partial charge in [0.15, 0.2) is 11.5 Å². The number of hydrogen-bond acceptors (Lipinski definition) is 4. The van der Waals surface area contributed by atoms with E-state index in [2.05, 4.69) is 5.32 Å². The summed E-state index contributed by atoms with van der Waals surface area (Å²) in [6.45, 7) is 2.91. The average Bonchev–Trinajstić information content (AvgIpc) is 3.02. The number of nitrogens with zero attached hydrogens (tertiary/aromatic N) is 1. The number of carbonyl (C=O) groups excluding carboxylic acids is 1. The van der Waals surface area contributed by atoms with Gasteiger partial charge in [0.05, 0.1) is 12.7 Å². The van der Waals surface area contributed by atoms with Gasteiger partial charge in [0.25, 0.3) is 5.91 Å². The molecule has 2 aliphatic heterocycles. The Labute approximate surface area is 143 Å². The molecule has 0 spiro atoms. The topological polar surface area (TPSA) is 50.8 Å². The van der Waals surface area contributed by atoms with Crippen molar-refractivity contribution < 1.29 is 14.3 Å². The molecule has 1 N–H and O–H groups in total. The Morgan fingerprint density at radius 3 is 3.04 bits per heavy atom. The highest BCUT2D eigenvalue weighted by atomic mass is 35.5. The van der Waals surface area contributed by atoms with Crippen LogP contribution in [0, 0.1) is 5.92 Å². The molecule has 0 aromatic heterocycles. The van der Waals surface area contributed by atoms with Crippen molar-refractivity contribution in [1.29, 1.82) is 0 Å². The van der Waals surface area contributed by atoms with Crippen LogP contribution in [0.4, 0.5) is 0 Å². The molecule has 2 heterocycles. The first kappa shape index (κ1) is 17.6. The molecule has 6 heteroatoms. The number of carbonyl (C=O) groups is 1. The van der Waals surface area contributed by atoms with E-state index in [0.29, 0.717) is 23.8 Å². The van der Waals surface area contributed by atoms with Gasteiger partial charge in [-0.3, -0.25) is 4.79 Å². The standard InChI is InChI=1S/C17H22N2O3.ClH/c1-18-9-12-6-7-19(10-12)17(20)14-8-13-4-3-5-15(21-2)16(13)22-11-14;/h3-5,8,12,18H,6-7,9-11H2,1-2H3;1H. The summed E-state index contributed by atoms with van der Waals surface area (Å²) in [5, 5.41) is 3.18. The Bertz CT molecular complexity index is 604. The van der Waals surface area contributed by atoms with E-state index in [4.69, 9.17) is 9.47 Å². The zero-order chi connectivity index (χ0) is 15.5. The van der Waals surface area contributed by atoms with Crippen molar-refractivity contribution in [3.05, 3.63) is 29.3 Å².